The number of amides is 1. The molecule has 7 nitrogen and oxygen atoms in total. The Balaban J connectivity index is 2.64. The Hall–Kier alpha value is -1.71. The number of carbonyl (C=O) groups is 2. The first-order chi connectivity index (χ1) is 9.35. The van der Waals surface area contributed by atoms with Crippen molar-refractivity contribution < 1.29 is 22.7 Å². The van der Waals surface area contributed by atoms with Crippen molar-refractivity contribution in [1.82, 2.24) is 10.3 Å². The van der Waals surface area contributed by atoms with Crippen LogP contribution in [0.2, 0.25) is 0 Å². The predicted molar refractivity (Wildman–Crippen MR) is 73.8 cm³/mol. The van der Waals surface area contributed by atoms with Gasteiger partial charge < -0.3 is 4.74 Å². The molecule has 0 spiro atoms. The molecule has 1 rings (SSSR count). The maximum atomic E-state index is 11.8. The van der Waals surface area contributed by atoms with Crippen molar-refractivity contribution in [2.24, 2.45) is 0 Å². The van der Waals surface area contributed by atoms with Gasteiger partial charge in [0.15, 0.2) is 0 Å². The summed E-state index contributed by atoms with van der Waals surface area (Å²) in [6, 6.07) is 5.83. The van der Waals surface area contributed by atoms with Gasteiger partial charge in [0.1, 0.15) is 0 Å². The van der Waals surface area contributed by atoms with E-state index in [4.69, 9.17) is 0 Å². The number of hydrogen-bond donors (Lipinski definition) is 2. The van der Waals surface area contributed by atoms with E-state index in [-0.39, 0.29) is 4.90 Å². The first-order valence-electron chi connectivity index (χ1n) is 5.18. The fourth-order valence-electron chi connectivity index (χ4n) is 1.04. The predicted octanol–water partition coefficient (Wildman–Crippen LogP) is 0.488. The average molecular weight is 363 g/mol. The molecule has 0 aliphatic rings. The first-order valence-corrected chi connectivity index (χ1v) is 7.46. The molecule has 0 bridgehead atoms. The molecule has 9 heteroatoms. The molecule has 0 aliphatic heterocycles. The van der Waals surface area contributed by atoms with E-state index in [2.05, 4.69) is 20.7 Å². The van der Waals surface area contributed by atoms with Crippen LogP contribution in [0, 0.1) is 0 Å². The molecular formula is C11H11BrN2O5S. The van der Waals surface area contributed by atoms with Crippen molar-refractivity contribution in [2.75, 3.05) is 7.11 Å². The first kappa shape index (κ1) is 16.3. The van der Waals surface area contributed by atoms with Crippen molar-refractivity contribution in [3.05, 3.63) is 40.9 Å². The monoisotopic (exact) mass is 362 g/mol. The molecule has 20 heavy (non-hydrogen) atoms. The van der Waals surface area contributed by atoms with E-state index >= 15 is 0 Å². The largest absolute Gasteiger partial charge is 0.466 e. The van der Waals surface area contributed by atoms with E-state index in [9.17, 15) is 18.0 Å². The van der Waals surface area contributed by atoms with Gasteiger partial charge in [-0.05, 0) is 24.3 Å². The SMILES string of the molecule is COC(=O)/C=C/C(=O)NNS(=O)(=O)c1ccc(Br)cc1. The molecule has 0 aromatic heterocycles. The lowest BCUT2D eigenvalue weighted by atomic mass is 10.4. The van der Waals surface area contributed by atoms with Crippen molar-refractivity contribution in [3.63, 3.8) is 0 Å². The van der Waals surface area contributed by atoms with Gasteiger partial charge in [-0.15, -0.1) is 4.83 Å². The highest BCUT2D eigenvalue weighted by atomic mass is 79.9. The summed E-state index contributed by atoms with van der Waals surface area (Å²) in [5.74, 6) is -1.54. The smallest absolute Gasteiger partial charge is 0.330 e. The van der Waals surface area contributed by atoms with Gasteiger partial charge in [0, 0.05) is 16.6 Å². The zero-order valence-corrected chi connectivity index (χ0v) is 12.7. The van der Waals surface area contributed by atoms with Crippen LogP contribution < -0.4 is 10.3 Å². The van der Waals surface area contributed by atoms with E-state index in [1.54, 1.807) is 12.1 Å². The van der Waals surface area contributed by atoms with Gasteiger partial charge in [0.25, 0.3) is 15.9 Å². The highest BCUT2D eigenvalue weighted by molar-refractivity contribution is 9.10. The fraction of sp³-hybridized carbons (Fsp3) is 0.0909. The third kappa shape index (κ3) is 5.11. The van der Waals surface area contributed by atoms with Crippen LogP contribution in [0.15, 0.2) is 45.8 Å². The molecule has 0 saturated heterocycles. The van der Waals surface area contributed by atoms with Gasteiger partial charge in [-0.3, -0.25) is 10.2 Å². The average Bonchev–Trinajstić information content (AvgIpc) is 2.43. The van der Waals surface area contributed by atoms with Crippen molar-refractivity contribution in [2.45, 2.75) is 4.90 Å². The molecule has 0 fully saturated rings. The standard InChI is InChI=1S/C11H11BrN2O5S/c1-19-11(16)7-6-10(15)13-14-20(17,18)9-4-2-8(12)3-5-9/h2-7,14H,1H3,(H,13,15)/b7-6+. The zero-order valence-electron chi connectivity index (χ0n) is 10.3. The summed E-state index contributed by atoms with van der Waals surface area (Å²) in [5, 5.41) is 0. The summed E-state index contributed by atoms with van der Waals surface area (Å²) in [5.41, 5.74) is 1.93. The molecule has 2 N–H and O–H groups in total. The van der Waals surface area contributed by atoms with Crippen LogP contribution in [0.5, 0.6) is 0 Å². The normalized spacial score (nSPS) is 11.3. The lowest BCUT2D eigenvalue weighted by Gasteiger charge is -2.06. The molecule has 1 amide bonds. The van der Waals surface area contributed by atoms with Crippen molar-refractivity contribution >= 4 is 37.8 Å². The molecule has 1 aromatic rings. The molecule has 0 atom stereocenters. The number of carbonyl (C=O) groups excluding carboxylic acids is 2. The van der Waals surface area contributed by atoms with E-state index in [1.807, 2.05) is 10.3 Å². The molecule has 0 radical (unpaired) electrons. The van der Waals surface area contributed by atoms with E-state index in [0.717, 1.165) is 23.7 Å². The van der Waals surface area contributed by atoms with Gasteiger partial charge in [0.05, 0.1) is 12.0 Å². The van der Waals surface area contributed by atoms with Crippen LogP contribution in [0.1, 0.15) is 0 Å². The number of hydrazine groups is 1. The number of sulfonamides is 1. The number of rotatable bonds is 5. The third-order valence-corrected chi connectivity index (χ3v) is 3.80. The Bertz CT molecular complexity index is 625. The second-order valence-electron chi connectivity index (χ2n) is 3.41. The molecule has 1 aromatic carbocycles. The van der Waals surface area contributed by atoms with Gasteiger partial charge in [-0.2, -0.15) is 0 Å². The Kier molecular flexibility index (Phi) is 5.86. The summed E-state index contributed by atoms with van der Waals surface area (Å²) in [7, 11) is -2.72. The minimum absolute atomic E-state index is 0.0158. The van der Waals surface area contributed by atoms with Crippen LogP contribution in [-0.4, -0.2) is 27.4 Å². The number of halogens is 1. The summed E-state index contributed by atoms with van der Waals surface area (Å²) in [4.78, 5) is 23.9. The highest BCUT2D eigenvalue weighted by Gasteiger charge is 2.14. The molecule has 0 aliphatic carbocycles. The number of benzene rings is 1. The van der Waals surface area contributed by atoms with Gasteiger partial charge in [0.2, 0.25) is 0 Å². The lowest BCUT2D eigenvalue weighted by molar-refractivity contribution is -0.135. The van der Waals surface area contributed by atoms with Gasteiger partial charge in [-0.1, -0.05) is 15.9 Å². The Labute approximate surface area is 124 Å². The second kappa shape index (κ2) is 7.17. The van der Waals surface area contributed by atoms with E-state index in [1.165, 1.54) is 12.1 Å². The zero-order chi connectivity index (χ0) is 15.2. The van der Waals surface area contributed by atoms with Crippen molar-refractivity contribution in [1.29, 1.82) is 0 Å². The minimum Gasteiger partial charge on any atom is -0.466 e. The topological polar surface area (TPSA) is 102 Å². The summed E-state index contributed by atoms with van der Waals surface area (Å²) < 4.78 is 28.6. The number of methoxy groups -OCH3 is 1. The summed E-state index contributed by atoms with van der Waals surface area (Å²) in [6.45, 7) is 0. The molecule has 108 valence electrons. The van der Waals surface area contributed by atoms with Crippen LogP contribution in [-0.2, 0) is 24.3 Å². The third-order valence-electron chi connectivity index (χ3n) is 2.00. The fourth-order valence-corrected chi connectivity index (χ4v) is 2.16. The highest BCUT2D eigenvalue weighted by Crippen LogP contribution is 2.13. The van der Waals surface area contributed by atoms with Gasteiger partial charge >= 0.3 is 5.97 Å². The number of hydrogen-bond acceptors (Lipinski definition) is 5. The minimum atomic E-state index is -3.87. The lowest BCUT2D eigenvalue weighted by Crippen LogP contribution is -2.40. The maximum Gasteiger partial charge on any atom is 0.330 e. The van der Waals surface area contributed by atoms with Crippen LogP contribution in [0.25, 0.3) is 0 Å². The second-order valence-corrected chi connectivity index (χ2v) is 6.00. The number of nitrogens with one attached hydrogen (secondary N) is 2. The molecular weight excluding hydrogens is 352 g/mol. The number of ether oxygens (including phenoxy) is 1. The Morgan fingerprint density at radius 1 is 1.20 bits per heavy atom. The van der Waals surface area contributed by atoms with Gasteiger partial charge in [-0.25, -0.2) is 13.2 Å². The van der Waals surface area contributed by atoms with Crippen LogP contribution in [0.3, 0.4) is 0 Å². The quantitative estimate of drug-likeness (QED) is 0.450. The number of esters is 1. The van der Waals surface area contributed by atoms with Crippen molar-refractivity contribution in [3.8, 4) is 0 Å². The molecule has 0 heterocycles. The Morgan fingerprint density at radius 2 is 1.80 bits per heavy atom. The van der Waals surface area contributed by atoms with Crippen LogP contribution in [0.4, 0.5) is 0 Å². The van der Waals surface area contributed by atoms with E-state index in [0.29, 0.717) is 0 Å². The van der Waals surface area contributed by atoms with E-state index < -0.39 is 21.9 Å². The Morgan fingerprint density at radius 3 is 2.35 bits per heavy atom. The van der Waals surface area contributed by atoms with Crippen LogP contribution >= 0.6 is 15.9 Å². The molecule has 0 saturated carbocycles. The maximum absolute atomic E-state index is 11.8. The summed E-state index contributed by atoms with van der Waals surface area (Å²) >= 11 is 3.18. The molecule has 0 unspecified atom stereocenters. The summed E-state index contributed by atoms with van der Waals surface area (Å²) in [6.07, 6.45) is 1.71.